The fourth-order valence-electron chi connectivity index (χ4n) is 2.86. The fraction of sp³-hybridized carbons (Fsp3) is 0.176. The molecule has 2 aromatic rings. The molecule has 0 saturated carbocycles. The van der Waals surface area contributed by atoms with Crippen molar-refractivity contribution in [3.05, 3.63) is 59.2 Å². The van der Waals surface area contributed by atoms with Crippen LogP contribution in [0.5, 0.6) is 0 Å². The SMILES string of the molecule is O=C1c2ccccc2-c2ccc(C(=O)N3CCC3)cc21. The van der Waals surface area contributed by atoms with Gasteiger partial charge in [0.2, 0.25) is 0 Å². The van der Waals surface area contributed by atoms with Crippen LogP contribution in [0, 0.1) is 0 Å². The molecule has 98 valence electrons. The molecule has 3 nitrogen and oxygen atoms in total. The molecule has 0 atom stereocenters. The Bertz CT molecular complexity index is 744. The number of amides is 1. The van der Waals surface area contributed by atoms with E-state index < -0.39 is 0 Å². The van der Waals surface area contributed by atoms with Crippen molar-refractivity contribution in [3.8, 4) is 11.1 Å². The van der Waals surface area contributed by atoms with Crippen LogP contribution in [0.3, 0.4) is 0 Å². The lowest BCUT2D eigenvalue weighted by Gasteiger charge is -2.31. The Morgan fingerprint density at radius 3 is 2.30 bits per heavy atom. The molecule has 1 fully saturated rings. The summed E-state index contributed by atoms with van der Waals surface area (Å²) in [7, 11) is 0. The van der Waals surface area contributed by atoms with Crippen LogP contribution in [0.4, 0.5) is 0 Å². The molecule has 4 rings (SSSR count). The van der Waals surface area contributed by atoms with Gasteiger partial charge in [-0.25, -0.2) is 0 Å². The van der Waals surface area contributed by atoms with Gasteiger partial charge in [0.25, 0.3) is 5.91 Å². The van der Waals surface area contributed by atoms with Gasteiger partial charge >= 0.3 is 0 Å². The van der Waals surface area contributed by atoms with Crippen LogP contribution < -0.4 is 0 Å². The fourth-order valence-corrected chi connectivity index (χ4v) is 2.86. The molecule has 1 heterocycles. The summed E-state index contributed by atoms with van der Waals surface area (Å²) < 4.78 is 0. The van der Waals surface area contributed by atoms with E-state index in [9.17, 15) is 9.59 Å². The van der Waals surface area contributed by atoms with E-state index in [4.69, 9.17) is 0 Å². The number of carbonyl (C=O) groups is 2. The van der Waals surface area contributed by atoms with Gasteiger partial charge in [-0.15, -0.1) is 0 Å². The second-order valence-electron chi connectivity index (χ2n) is 5.28. The smallest absolute Gasteiger partial charge is 0.253 e. The number of carbonyl (C=O) groups excluding carboxylic acids is 2. The zero-order valence-electron chi connectivity index (χ0n) is 10.9. The van der Waals surface area contributed by atoms with Crippen LogP contribution in [-0.2, 0) is 0 Å². The highest BCUT2D eigenvalue weighted by molar-refractivity contribution is 6.22. The zero-order valence-corrected chi connectivity index (χ0v) is 10.9. The van der Waals surface area contributed by atoms with Gasteiger partial charge in [0, 0.05) is 29.8 Å². The molecule has 0 N–H and O–H groups in total. The van der Waals surface area contributed by atoms with Gasteiger partial charge in [-0.3, -0.25) is 9.59 Å². The Balaban J connectivity index is 1.80. The van der Waals surface area contributed by atoms with E-state index in [2.05, 4.69) is 0 Å². The molecule has 3 heteroatoms. The topological polar surface area (TPSA) is 37.4 Å². The van der Waals surface area contributed by atoms with Crippen molar-refractivity contribution >= 4 is 11.7 Å². The van der Waals surface area contributed by atoms with Gasteiger partial charge in [0.05, 0.1) is 0 Å². The molecule has 0 spiro atoms. The molecule has 20 heavy (non-hydrogen) atoms. The second kappa shape index (κ2) is 4.04. The average molecular weight is 263 g/mol. The molecule has 1 amide bonds. The summed E-state index contributed by atoms with van der Waals surface area (Å²) >= 11 is 0. The molecular formula is C17H13NO2. The number of fused-ring (bicyclic) bond motifs is 3. The van der Waals surface area contributed by atoms with E-state index in [0.717, 1.165) is 36.2 Å². The number of likely N-dealkylation sites (tertiary alicyclic amines) is 1. The van der Waals surface area contributed by atoms with Gasteiger partial charge in [0.1, 0.15) is 0 Å². The standard InChI is InChI=1S/C17H13NO2/c19-16-14-5-2-1-4-12(14)13-7-6-11(10-15(13)16)17(20)18-8-3-9-18/h1-2,4-7,10H,3,8-9H2. The maximum absolute atomic E-state index is 12.4. The first kappa shape index (κ1) is 11.4. The van der Waals surface area contributed by atoms with Crippen molar-refractivity contribution < 1.29 is 9.59 Å². The van der Waals surface area contributed by atoms with Crippen molar-refractivity contribution in [2.24, 2.45) is 0 Å². The molecule has 2 aromatic carbocycles. The lowest BCUT2D eigenvalue weighted by molar-refractivity contribution is 0.0652. The van der Waals surface area contributed by atoms with Crippen LogP contribution >= 0.6 is 0 Å². The third-order valence-corrected chi connectivity index (χ3v) is 4.12. The predicted octanol–water partition coefficient (Wildman–Crippen LogP) is 2.74. The number of ketones is 1. The summed E-state index contributed by atoms with van der Waals surface area (Å²) in [5.41, 5.74) is 3.90. The Hall–Kier alpha value is -2.42. The molecule has 0 radical (unpaired) electrons. The Kier molecular flexibility index (Phi) is 2.30. The molecule has 2 aliphatic rings. The monoisotopic (exact) mass is 263 g/mol. The molecule has 0 unspecified atom stereocenters. The van der Waals surface area contributed by atoms with Gasteiger partial charge in [-0.05, 0) is 29.7 Å². The first-order valence-electron chi connectivity index (χ1n) is 6.83. The maximum Gasteiger partial charge on any atom is 0.253 e. The molecule has 1 aliphatic carbocycles. The third-order valence-electron chi connectivity index (χ3n) is 4.12. The van der Waals surface area contributed by atoms with Crippen molar-refractivity contribution in [1.82, 2.24) is 4.90 Å². The molecule has 1 saturated heterocycles. The van der Waals surface area contributed by atoms with Crippen molar-refractivity contribution in [2.75, 3.05) is 13.1 Å². The Labute approximate surface area is 116 Å². The summed E-state index contributed by atoms with van der Waals surface area (Å²) in [4.78, 5) is 26.4. The second-order valence-corrected chi connectivity index (χ2v) is 5.28. The van der Waals surface area contributed by atoms with Crippen molar-refractivity contribution in [1.29, 1.82) is 0 Å². The minimum absolute atomic E-state index is 0.0221. The molecular weight excluding hydrogens is 250 g/mol. The highest BCUT2D eigenvalue weighted by Gasteiger charge is 2.28. The van der Waals surface area contributed by atoms with Gasteiger partial charge in [-0.1, -0.05) is 30.3 Å². The lowest BCUT2D eigenvalue weighted by atomic mass is 10.0. The summed E-state index contributed by atoms with van der Waals surface area (Å²) in [6.07, 6.45) is 1.07. The van der Waals surface area contributed by atoms with E-state index in [1.165, 1.54) is 0 Å². The average Bonchev–Trinajstić information content (AvgIpc) is 2.71. The van der Waals surface area contributed by atoms with E-state index in [0.29, 0.717) is 11.1 Å². The number of rotatable bonds is 1. The first-order valence-corrected chi connectivity index (χ1v) is 6.83. The quantitative estimate of drug-likeness (QED) is 0.677. The summed E-state index contributed by atoms with van der Waals surface area (Å²) in [5.74, 6) is 0.0525. The maximum atomic E-state index is 12.4. The highest BCUT2D eigenvalue weighted by Crippen LogP contribution is 2.36. The number of hydrogen-bond acceptors (Lipinski definition) is 2. The van der Waals surface area contributed by atoms with E-state index in [1.54, 1.807) is 6.07 Å². The van der Waals surface area contributed by atoms with Crippen LogP contribution in [-0.4, -0.2) is 29.7 Å². The van der Waals surface area contributed by atoms with Crippen LogP contribution in [0.1, 0.15) is 32.7 Å². The van der Waals surface area contributed by atoms with Crippen molar-refractivity contribution in [2.45, 2.75) is 6.42 Å². The zero-order chi connectivity index (χ0) is 13.7. The van der Waals surface area contributed by atoms with Gasteiger partial charge in [0.15, 0.2) is 5.78 Å². The summed E-state index contributed by atoms with van der Waals surface area (Å²) in [5, 5.41) is 0. The van der Waals surface area contributed by atoms with E-state index in [1.807, 2.05) is 41.3 Å². The lowest BCUT2D eigenvalue weighted by Crippen LogP contribution is -2.42. The highest BCUT2D eigenvalue weighted by atomic mass is 16.2. The van der Waals surface area contributed by atoms with Crippen molar-refractivity contribution in [3.63, 3.8) is 0 Å². The Morgan fingerprint density at radius 2 is 1.60 bits per heavy atom. The molecule has 0 bridgehead atoms. The van der Waals surface area contributed by atoms with Crippen LogP contribution in [0.15, 0.2) is 42.5 Å². The van der Waals surface area contributed by atoms with Crippen LogP contribution in [0.25, 0.3) is 11.1 Å². The minimum Gasteiger partial charge on any atom is -0.339 e. The molecule has 1 aliphatic heterocycles. The van der Waals surface area contributed by atoms with Crippen LogP contribution in [0.2, 0.25) is 0 Å². The Morgan fingerprint density at radius 1 is 0.900 bits per heavy atom. The summed E-state index contributed by atoms with van der Waals surface area (Å²) in [6.45, 7) is 1.65. The number of hydrogen-bond donors (Lipinski definition) is 0. The molecule has 0 aromatic heterocycles. The number of benzene rings is 2. The first-order chi connectivity index (χ1) is 9.75. The largest absolute Gasteiger partial charge is 0.339 e. The summed E-state index contributed by atoms with van der Waals surface area (Å²) in [6, 6.07) is 13.1. The normalized spacial score (nSPS) is 15.6. The van der Waals surface area contributed by atoms with E-state index >= 15 is 0 Å². The van der Waals surface area contributed by atoms with E-state index in [-0.39, 0.29) is 11.7 Å². The van der Waals surface area contributed by atoms with Gasteiger partial charge in [-0.2, -0.15) is 0 Å². The third kappa shape index (κ3) is 1.46. The number of nitrogens with zero attached hydrogens (tertiary/aromatic N) is 1. The minimum atomic E-state index is 0.0221. The van der Waals surface area contributed by atoms with Gasteiger partial charge < -0.3 is 4.90 Å². The predicted molar refractivity (Wildman–Crippen MR) is 75.8 cm³/mol.